The molecule has 1 aromatic carbocycles. The number of amides is 1. The second kappa shape index (κ2) is 7.66. The van der Waals surface area contributed by atoms with Gasteiger partial charge in [-0.1, -0.05) is 25.1 Å². The van der Waals surface area contributed by atoms with Gasteiger partial charge in [0.15, 0.2) is 5.82 Å². The van der Waals surface area contributed by atoms with E-state index in [2.05, 4.69) is 10.3 Å². The van der Waals surface area contributed by atoms with E-state index in [1.165, 1.54) is 16.5 Å². The van der Waals surface area contributed by atoms with Crippen molar-refractivity contribution in [3.8, 4) is 11.3 Å². The standard InChI is InChI=1S/C20H17F6N3O/c1-11(19(21,22)23)9-16(30)28-18-17(29-12(2)5-3-8-15(29)27-18)13-6-4-7-14(10-13)20(24,25)26/h3-8,10-11H,9H2,1-2H3,(H,28,30). The van der Waals surface area contributed by atoms with E-state index in [4.69, 9.17) is 0 Å². The molecule has 0 bridgehead atoms. The van der Waals surface area contributed by atoms with E-state index in [0.29, 0.717) is 11.3 Å². The van der Waals surface area contributed by atoms with Crippen LogP contribution in [0, 0.1) is 12.8 Å². The lowest BCUT2D eigenvalue weighted by atomic mass is 10.1. The molecule has 2 heterocycles. The third-order valence-corrected chi connectivity index (χ3v) is 4.61. The molecule has 0 fully saturated rings. The maximum Gasteiger partial charge on any atom is 0.416 e. The number of nitrogens with one attached hydrogen (secondary N) is 1. The number of anilines is 1. The van der Waals surface area contributed by atoms with Gasteiger partial charge < -0.3 is 5.32 Å². The first-order valence-electron chi connectivity index (χ1n) is 8.90. The molecule has 3 rings (SSSR count). The van der Waals surface area contributed by atoms with Crippen LogP contribution < -0.4 is 5.32 Å². The lowest BCUT2D eigenvalue weighted by Gasteiger charge is -2.15. The quantitative estimate of drug-likeness (QED) is 0.529. The Balaban J connectivity index is 2.09. The van der Waals surface area contributed by atoms with Crippen molar-refractivity contribution >= 4 is 17.4 Å². The molecule has 0 saturated carbocycles. The molecule has 1 unspecified atom stereocenters. The zero-order chi connectivity index (χ0) is 22.3. The lowest BCUT2D eigenvalue weighted by molar-refractivity contribution is -0.173. The van der Waals surface area contributed by atoms with Crippen molar-refractivity contribution in [3.63, 3.8) is 0 Å². The monoisotopic (exact) mass is 429 g/mol. The molecular weight excluding hydrogens is 412 g/mol. The van der Waals surface area contributed by atoms with Crippen molar-refractivity contribution in [1.29, 1.82) is 0 Å². The molecule has 0 spiro atoms. The Morgan fingerprint density at radius 2 is 1.77 bits per heavy atom. The first-order valence-corrected chi connectivity index (χ1v) is 8.90. The summed E-state index contributed by atoms with van der Waals surface area (Å²) in [4.78, 5) is 16.4. The number of aromatic nitrogens is 2. The molecule has 1 N–H and O–H groups in total. The van der Waals surface area contributed by atoms with E-state index in [-0.39, 0.29) is 17.1 Å². The average molecular weight is 429 g/mol. The largest absolute Gasteiger partial charge is 0.416 e. The molecule has 3 aromatic rings. The van der Waals surface area contributed by atoms with Crippen molar-refractivity contribution < 1.29 is 31.1 Å². The van der Waals surface area contributed by atoms with Gasteiger partial charge in [0.05, 0.1) is 17.2 Å². The summed E-state index contributed by atoms with van der Waals surface area (Å²) in [7, 11) is 0. The molecule has 1 atom stereocenters. The summed E-state index contributed by atoms with van der Waals surface area (Å²) in [5.41, 5.74) is 0.331. The first-order chi connectivity index (χ1) is 13.9. The molecule has 10 heteroatoms. The predicted molar refractivity (Wildman–Crippen MR) is 98.8 cm³/mol. The molecule has 0 aliphatic heterocycles. The molecule has 0 saturated heterocycles. The normalized spacial score (nSPS) is 13.5. The molecule has 2 aromatic heterocycles. The number of hydrogen-bond donors (Lipinski definition) is 1. The molecule has 0 aliphatic carbocycles. The SMILES string of the molecule is Cc1cccc2nc(NC(=O)CC(C)C(F)(F)F)c(-c3cccc(C(F)(F)F)c3)n12. The summed E-state index contributed by atoms with van der Waals surface area (Å²) in [6.45, 7) is 2.57. The first kappa shape index (κ1) is 21.7. The average Bonchev–Trinajstić information content (AvgIpc) is 2.99. The van der Waals surface area contributed by atoms with Gasteiger partial charge in [0, 0.05) is 17.7 Å². The summed E-state index contributed by atoms with van der Waals surface area (Å²) < 4.78 is 79.3. The van der Waals surface area contributed by atoms with E-state index in [1.807, 2.05) is 0 Å². The predicted octanol–water partition coefficient (Wildman–Crippen LogP) is 5.86. The van der Waals surface area contributed by atoms with Crippen LogP contribution in [0.3, 0.4) is 0 Å². The van der Waals surface area contributed by atoms with Gasteiger partial charge in [-0.2, -0.15) is 26.3 Å². The van der Waals surface area contributed by atoms with E-state index in [9.17, 15) is 31.1 Å². The minimum absolute atomic E-state index is 0.108. The van der Waals surface area contributed by atoms with Crippen LogP contribution in [0.15, 0.2) is 42.5 Å². The molecule has 160 valence electrons. The van der Waals surface area contributed by atoms with Gasteiger partial charge >= 0.3 is 12.4 Å². The highest BCUT2D eigenvalue weighted by atomic mass is 19.4. The minimum atomic E-state index is -4.59. The molecule has 0 radical (unpaired) electrons. The zero-order valence-corrected chi connectivity index (χ0v) is 15.9. The Hall–Kier alpha value is -3.04. The summed E-state index contributed by atoms with van der Waals surface area (Å²) in [6, 6.07) is 9.39. The van der Waals surface area contributed by atoms with Gasteiger partial charge in [0.1, 0.15) is 5.65 Å². The van der Waals surface area contributed by atoms with Crippen LogP contribution in [0.4, 0.5) is 32.2 Å². The lowest BCUT2D eigenvalue weighted by Crippen LogP contribution is -2.25. The topological polar surface area (TPSA) is 46.4 Å². The summed E-state index contributed by atoms with van der Waals surface area (Å²) in [5, 5.41) is 2.33. The Bertz CT molecular complexity index is 1080. The second-order valence-corrected chi connectivity index (χ2v) is 6.94. The van der Waals surface area contributed by atoms with Crippen LogP contribution in [0.5, 0.6) is 0 Å². The van der Waals surface area contributed by atoms with E-state index >= 15 is 0 Å². The number of carbonyl (C=O) groups excluding carboxylic acids is 1. The Morgan fingerprint density at radius 3 is 2.40 bits per heavy atom. The summed E-state index contributed by atoms with van der Waals surface area (Å²) in [5.74, 6) is -2.93. The van der Waals surface area contributed by atoms with Crippen molar-refractivity contribution in [3.05, 3.63) is 53.7 Å². The van der Waals surface area contributed by atoms with E-state index in [0.717, 1.165) is 19.1 Å². The van der Waals surface area contributed by atoms with Gasteiger partial charge in [-0.15, -0.1) is 0 Å². The van der Waals surface area contributed by atoms with E-state index in [1.54, 1.807) is 25.1 Å². The third-order valence-electron chi connectivity index (χ3n) is 4.61. The fourth-order valence-corrected chi connectivity index (χ4v) is 3.03. The molecular formula is C20H17F6N3O. The van der Waals surface area contributed by atoms with E-state index < -0.39 is 36.2 Å². The number of nitrogens with zero attached hydrogens (tertiary/aromatic N) is 2. The number of imidazole rings is 1. The van der Waals surface area contributed by atoms with Crippen molar-refractivity contribution in [2.45, 2.75) is 32.6 Å². The van der Waals surface area contributed by atoms with Crippen LogP contribution in [-0.4, -0.2) is 21.5 Å². The van der Waals surface area contributed by atoms with Crippen molar-refractivity contribution in [2.24, 2.45) is 5.92 Å². The number of alkyl halides is 6. The second-order valence-electron chi connectivity index (χ2n) is 6.94. The minimum Gasteiger partial charge on any atom is -0.309 e. The molecule has 0 aliphatic rings. The molecule has 4 nitrogen and oxygen atoms in total. The Kier molecular flexibility index (Phi) is 5.53. The highest BCUT2D eigenvalue weighted by Gasteiger charge is 2.37. The number of carbonyl (C=O) groups is 1. The number of hydrogen-bond acceptors (Lipinski definition) is 2. The maximum absolute atomic E-state index is 13.2. The Morgan fingerprint density at radius 1 is 1.10 bits per heavy atom. The fraction of sp³-hybridized carbons (Fsp3) is 0.300. The zero-order valence-electron chi connectivity index (χ0n) is 15.9. The summed E-state index contributed by atoms with van der Waals surface area (Å²) in [6.07, 6.45) is -9.97. The van der Waals surface area contributed by atoms with Gasteiger partial charge in [-0.25, -0.2) is 4.98 Å². The van der Waals surface area contributed by atoms with Crippen molar-refractivity contribution in [2.75, 3.05) is 5.32 Å². The smallest absolute Gasteiger partial charge is 0.309 e. The number of rotatable bonds is 4. The van der Waals surface area contributed by atoms with Gasteiger partial charge in [-0.05, 0) is 31.2 Å². The van der Waals surface area contributed by atoms with Gasteiger partial charge in [0.25, 0.3) is 0 Å². The highest BCUT2D eigenvalue weighted by molar-refractivity contribution is 5.94. The molecule has 1 amide bonds. The van der Waals surface area contributed by atoms with Gasteiger partial charge in [-0.3, -0.25) is 9.20 Å². The number of halogens is 6. The van der Waals surface area contributed by atoms with Crippen molar-refractivity contribution in [1.82, 2.24) is 9.38 Å². The number of benzene rings is 1. The highest BCUT2D eigenvalue weighted by Crippen LogP contribution is 2.36. The fourth-order valence-electron chi connectivity index (χ4n) is 3.03. The van der Waals surface area contributed by atoms with Crippen LogP contribution in [0.25, 0.3) is 16.9 Å². The van der Waals surface area contributed by atoms with Crippen LogP contribution in [0.2, 0.25) is 0 Å². The number of fused-ring (bicyclic) bond motifs is 1. The molecule has 30 heavy (non-hydrogen) atoms. The number of pyridine rings is 1. The Labute approximate surface area is 167 Å². The maximum atomic E-state index is 13.2. The third kappa shape index (κ3) is 4.42. The van der Waals surface area contributed by atoms with Gasteiger partial charge in [0.2, 0.25) is 5.91 Å². The number of aryl methyl sites for hydroxylation is 1. The van der Waals surface area contributed by atoms with Crippen LogP contribution in [0.1, 0.15) is 24.6 Å². The van der Waals surface area contributed by atoms with Crippen LogP contribution in [-0.2, 0) is 11.0 Å². The van der Waals surface area contributed by atoms with Crippen LogP contribution >= 0.6 is 0 Å². The summed E-state index contributed by atoms with van der Waals surface area (Å²) >= 11 is 0.